The molecular formula is C17H13N5O3. The van der Waals surface area contributed by atoms with Crippen molar-refractivity contribution >= 4 is 17.0 Å². The smallest absolute Gasteiger partial charge is 0.340 e. The van der Waals surface area contributed by atoms with Crippen molar-refractivity contribution in [2.45, 2.75) is 13.5 Å². The Morgan fingerprint density at radius 1 is 1.20 bits per heavy atom. The monoisotopic (exact) mass is 335 g/mol. The minimum atomic E-state index is -0.503. The number of nitrogens with zero attached hydrogens (tertiary/aromatic N) is 5. The fourth-order valence-corrected chi connectivity index (χ4v) is 2.40. The molecule has 0 aliphatic carbocycles. The largest absolute Gasteiger partial charge is 0.454 e. The SMILES string of the molecule is Cc1nc(COC(=O)c2ccc(-n3cnc4ccccc43)nc2)no1. The van der Waals surface area contributed by atoms with Gasteiger partial charge in [0.15, 0.2) is 6.61 Å². The van der Waals surface area contributed by atoms with E-state index in [1.54, 1.807) is 25.4 Å². The number of ether oxygens (including phenoxy) is 1. The molecule has 0 atom stereocenters. The van der Waals surface area contributed by atoms with Crippen LogP contribution in [0.4, 0.5) is 0 Å². The molecule has 0 fully saturated rings. The third-order valence-corrected chi connectivity index (χ3v) is 3.59. The molecule has 0 bridgehead atoms. The molecule has 0 unspecified atom stereocenters. The van der Waals surface area contributed by atoms with Gasteiger partial charge in [-0.15, -0.1) is 0 Å². The van der Waals surface area contributed by atoms with E-state index in [2.05, 4.69) is 20.1 Å². The molecule has 0 N–H and O–H groups in total. The second-order valence-electron chi connectivity index (χ2n) is 5.31. The molecule has 0 spiro atoms. The Morgan fingerprint density at radius 3 is 2.84 bits per heavy atom. The highest BCUT2D eigenvalue weighted by molar-refractivity contribution is 5.89. The zero-order valence-electron chi connectivity index (χ0n) is 13.3. The van der Waals surface area contributed by atoms with Crippen molar-refractivity contribution in [1.82, 2.24) is 24.7 Å². The van der Waals surface area contributed by atoms with Crippen LogP contribution in [-0.2, 0) is 11.3 Å². The number of esters is 1. The van der Waals surface area contributed by atoms with E-state index in [1.165, 1.54) is 6.20 Å². The predicted molar refractivity (Wildman–Crippen MR) is 87.0 cm³/mol. The van der Waals surface area contributed by atoms with Crippen LogP contribution in [0.5, 0.6) is 0 Å². The molecule has 8 nitrogen and oxygen atoms in total. The number of benzene rings is 1. The Morgan fingerprint density at radius 2 is 2.08 bits per heavy atom. The van der Waals surface area contributed by atoms with Gasteiger partial charge in [-0.05, 0) is 24.3 Å². The van der Waals surface area contributed by atoms with Gasteiger partial charge in [0, 0.05) is 13.1 Å². The minimum Gasteiger partial charge on any atom is -0.454 e. The van der Waals surface area contributed by atoms with Gasteiger partial charge >= 0.3 is 5.97 Å². The van der Waals surface area contributed by atoms with Crippen LogP contribution in [0.25, 0.3) is 16.9 Å². The summed E-state index contributed by atoms with van der Waals surface area (Å²) in [7, 11) is 0. The molecule has 0 amide bonds. The van der Waals surface area contributed by atoms with Crippen molar-refractivity contribution in [2.24, 2.45) is 0 Å². The second kappa shape index (κ2) is 6.16. The van der Waals surface area contributed by atoms with Gasteiger partial charge in [0.05, 0.1) is 16.6 Å². The summed E-state index contributed by atoms with van der Waals surface area (Å²) in [5.41, 5.74) is 2.16. The van der Waals surface area contributed by atoms with E-state index in [0.717, 1.165) is 11.0 Å². The first-order valence-electron chi connectivity index (χ1n) is 7.55. The lowest BCUT2D eigenvalue weighted by molar-refractivity contribution is 0.0459. The molecule has 3 heterocycles. The highest BCUT2D eigenvalue weighted by Crippen LogP contribution is 2.16. The number of hydrogen-bond acceptors (Lipinski definition) is 7. The number of aromatic nitrogens is 5. The fourth-order valence-electron chi connectivity index (χ4n) is 2.40. The number of hydrogen-bond donors (Lipinski definition) is 0. The molecule has 0 saturated carbocycles. The number of aryl methyl sites for hydroxylation is 1. The molecule has 3 aromatic heterocycles. The number of para-hydroxylation sites is 2. The van der Waals surface area contributed by atoms with Gasteiger partial charge < -0.3 is 9.26 Å². The quantitative estimate of drug-likeness (QED) is 0.529. The first-order chi connectivity index (χ1) is 12.2. The molecular weight excluding hydrogens is 322 g/mol. The summed E-state index contributed by atoms with van der Waals surface area (Å²) >= 11 is 0. The maximum absolute atomic E-state index is 12.1. The van der Waals surface area contributed by atoms with E-state index in [9.17, 15) is 4.79 Å². The summed E-state index contributed by atoms with van der Waals surface area (Å²) in [4.78, 5) is 24.7. The number of carbonyl (C=O) groups excluding carboxylic acids is 1. The molecule has 8 heteroatoms. The van der Waals surface area contributed by atoms with Gasteiger partial charge in [-0.3, -0.25) is 4.57 Å². The topological polar surface area (TPSA) is 95.9 Å². The number of fused-ring (bicyclic) bond motifs is 1. The average molecular weight is 335 g/mol. The van der Waals surface area contributed by atoms with E-state index < -0.39 is 5.97 Å². The maximum atomic E-state index is 12.1. The Labute approximate surface area is 142 Å². The lowest BCUT2D eigenvalue weighted by Gasteiger charge is -2.05. The highest BCUT2D eigenvalue weighted by Gasteiger charge is 2.12. The summed E-state index contributed by atoms with van der Waals surface area (Å²) in [5.74, 6) is 0.904. The number of imidazole rings is 1. The zero-order valence-corrected chi connectivity index (χ0v) is 13.3. The van der Waals surface area contributed by atoms with Gasteiger partial charge in [0.1, 0.15) is 12.1 Å². The number of pyridine rings is 1. The van der Waals surface area contributed by atoms with Crippen molar-refractivity contribution in [3.8, 4) is 5.82 Å². The van der Waals surface area contributed by atoms with E-state index in [0.29, 0.717) is 23.1 Å². The Hall–Kier alpha value is -3.55. The van der Waals surface area contributed by atoms with E-state index in [-0.39, 0.29) is 6.61 Å². The molecule has 4 rings (SSSR count). The van der Waals surface area contributed by atoms with Gasteiger partial charge in [-0.25, -0.2) is 14.8 Å². The van der Waals surface area contributed by atoms with E-state index >= 15 is 0 Å². The van der Waals surface area contributed by atoms with Crippen molar-refractivity contribution in [2.75, 3.05) is 0 Å². The Balaban J connectivity index is 1.50. The van der Waals surface area contributed by atoms with Crippen LogP contribution >= 0.6 is 0 Å². The standard InChI is InChI=1S/C17H13N5O3/c1-11-20-15(21-25-11)9-24-17(23)12-6-7-16(18-8-12)22-10-19-13-4-2-3-5-14(13)22/h2-8,10H,9H2,1H3. The van der Waals surface area contributed by atoms with Crippen LogP contribution in [0, 0.1) is 6.92 Å². The van der Waals surface area contributed by atoms with Crippen molar-refractivity contribution in [3.05, 3.63) is 66.2 Å². The van der Waals surface area contributed by atoms with Gasteiger partial charge in [0.25, 0.3) is 0 Å². The van der Waals surface area contributed by atoms with E-state index in [1.807, 2.05) is 28.8 Å². The average Bonchev–Trinajstić information content (AvgIpc) is 3.26. The normalized spacial score (nSPS) is 10.9. The van der Waals surface area contributed by atoms with Crippen molar-refractivity contribution in [3.63, 3.8) is 0 Å². The highest BCUT2D eigenvalue weighted by atomic mass is 16.5. The first-order valence-corrected chi connectivity index (χ1v) is 7.55. The zero-order chi connectivity index (χ0) is 17.2. The van der Waals surface area contributed by atoms with Gasteiger partial charge in [-0.1, -0.05) is 17.3 Å². The summed E-state index contributed by atoms with van der Waals surface area (Å²) in [6, 6.07) is 11.1. The van der Waals surface area contributed by atoms with Crippen LogP contribution in [0.2, 0.25) is 0 Å². The second-order valence-corrected chi connectivity index (χ2v) is 5.31. The summed E-state index contributed by atoms with van der Waals surface area (Å²) in [6.07, 6.45) is 3.16. The fraction of sp³-hybridized carbons (Fsp3) is 0.118. The maximum Gasteiger partial charge on any atom is 0.340 e. The molecule has 0 aliphatic rings. The number of carbonyl (C=O) groups is 1. The van der Waals surface area contributed by atoms with E-state index in [4.69, 9.17) is 9.26 Å². The van der Waals surface area contributed by atoms with Crippen LogP contribution in [0.1, 0.15) is 22.1 Å². The van der Waals surface area contributed by atoms with Crippen LogP contribution in [-0.4, -0.2) is 30.6 Å². The molecule has 0 radical (unpaired) electrons. The lowest BCUT2D eigenvalue weighted by Crippen LogP contribution is -2.07. The summed E-state index contributed by atoms with van der Waals surface area (Å²) < 4.78 is 11.8. The lowest BCUT2D eigenvalue weighted by atomic mass is 10.3. The van der Waals surface area contributed by atoms with Crippen molar-refractivity contribution < 1.29 is 14.1 Å². The Bertz CT molecular complexity index is 1040. The molecule has 124 valence electrons. The van der Waals surface area contributed by atoms with Gasteiger partial charge in [0.2, 0.25) is 11.7 Å². The van der Waals surface area contributed by atoms with Crippen LogP contribution < -0.4 is 0 Å². The molecule has 1 aromatic carbocycles. The van der Waals surface area contributed by atoms with Crippen LogP contribution in [0.15, 0.2) is 53.4 Å². The van der Waals surface area contributed by atoms with Gasteiger partial charge in [-0.2, -0.15) is 4.98 Å². The third kappa shape index (κ3) is 2.97. The van der Waals surface area contributed by atoms with Crippen molar-refractivity contribution in [1.29, 1.82) is 0 Å². The Kier molecular flexibility index (Phi) is 3.70. The summed E-state index contributed by atoms with van der Waals surface area (Å²) in [6.45, 7) is 1.62. The minimum absolute atomic E-state index is 0.0515. The molecule has 0 aliphatic heterocycles. The molecule has 4 aromatic rings. The number of rotatable bonds is 4. The molecule has 0 saturated heterocycles. The summed E-state index contributed by atoms with van der Waals surface area (Å²) in [5, 5.41) is 3.67. The van der Waals surface area contributed by atoms with Crippen LogP contribution in [0.3, 0.4) is 0 Å². The molecule has 25 heavy (non-hydrogen) atoms. The third-order valence-electron chi connectivity index (χ3n) is 3.59. The first kappa shape index (κ1) is 15.0. The predicted octanol–water partition coefficient (Wildman–Crippen LogP) is 2.47.